The maximum atomic E-state index is 13.4. The molecule has 0 aliphatic carbocycles. The zero-order valence-corrected chi connectivity index (χ0v) is 13.4. The molecular weight excluding hydrogens is 317 g/mol. The first-order valence-electron chi connectivity index (χ1n) is 7.38. The second kappa shape index (κ2) is 5.47. The molecule has 0 atom stereocenters. The molecule has 0 fully saturated rings. The molecule has 0 bridgehead atoms. The number of imidazole rings is 1. The van der Waals surface area contributed by atoms with E-state index in [2.05, 4.69) is 4.98 Å². The third kappa shape index (κ3) is 2.48. The molecule has 2 aromatic heterocycles. The molecule has 0 saturated carbocycles. The van der Waals surface area contributed by atoms with Crippen molar-refractivity contribution in [1.29, 1.82) is 0 Å². The number of fused-ring (bicyclic) bond motifs is 1. The van der Waals surface area contributed by atoms with Gasteiger partial charge in [-0.15, -0.1) is 0 Å². The van der Waals surface area contributed by atoms with Gasteiger partial charge in [0.25, 0.3) is 0 Å². The third-order valence-electron chi connectivity index (χ3n) is 3.95. The molecule has 0 amide bonds. The molecule has 0 saturated heterocycles. The van der Waals surface area contributed by atoms with Crippen LogP contribution in [0, 0.1) is 13.8 Å². The second-order valence-corrected chi connectivity index (χ2v) is 5.70. The quantitative estimate of drug-likeness (QED) is 0.629. The van der Waals surface area contributed by atoms with Crippen LogP contribution in [0.1, 0.15) is 34.4 Å². The molecule has 1 aromatic carbocycles. The standard InChI is InChI=1S/C18H15F3N2O/c1-10-9-14(11(2)24)16(13-7-5-4-6-8-13)23-12(3)22-17(15(10)23)18(19,20)21/h4-9H,1-3H3. The van der Waals surface area contributed by atoms with Gasteiger partial charge in [-0.05, 0) is 38.0 Å². The molecular formula is C18H15F3N2O. The van der Waals surface area contributed by atoms with E-state index in [4.69, 9.17) is 0 Å². The highest BCUT2D eigenvalue weighted by molar-refractivity contribution is 6.01. The van der Waals surface area contributed by atoms with E-state index in [1.165, 1.54) is 24.3 Å². The minimum atomic E-state index is -4.56. The average Bonchev–Trinajstić information content (AvgIpc) is 2.86. The van der Waals surface area contributed by atoms with E-state index in [-0.39, 0.29) is 17.1 Å². The molecule has 0 aliphatic heterocycles. The minimum Gasteiger partial charge on any atom is -0.295 e. The van der Waals surface area contributed by atoms with E-state index < -0.39 is 11.9 Å². The van der Waals surface area contributed by atoms with Crippen molar-refractivity contribution in [3.8, 4) is 11.3 Å². The van der Waals surface area contributed by atoms with E-state index >= 15 is 0 Å². The third-order valence-corrected chi connectivity index (χ3v) is 3.95. The second-order valence-electron chi connectivity index (χ2n) is 5.70. The molecule has 0 radical (unpaired) electrons. The Morgan fingerprint density at radius 3 is 2.29 bits per heavy atom. The van der Waals surface area contributed by atoms with Crippen LogP contribution >= 0.6 is 0 Å². The van der Waals surface area contributed by atoms with Crippen LogP contribution in [0.25, 0.3) is 16.8 Å². The molecule has 0 aliphatic rings. The van der Waals surface area contributed by atoms with Crippen molar-refractivity contribution in [2.75, 3.05) is 0 Å². The maximum absolute atomic E-state index is 13.4. The summed E-state index contributed by atoms with van der Waals surface area (Å²) in [5.74, 6) is -0.0112. The Bertz CT molecular complexity index is 941. The molecule has 0 spiro atoms. The van der Waals surface area contributed by atoms with Gasteiger partial charge in [0.05, 0.1) is 11.2 Å². The summed E-state index contributed by atoms with van der Waals surface area (Å²) < 4.78 is 41.5. The fourth-order valence-electron chi connectivity index (χ4n) is 2.99. The summed E-state index contributed by atoms with van der Waals surface area (Å²) in [5.41, 5.74) is 0.910. The fourth-order valence-corrected chi connectivity index (χ4v) is 2.99. The molecule has 3 aromatic rings. The molecule has 24 heavy (non-hydrogen) atoms. The summed E-state index contributed by atoms with van der Waals surface area (Å²) in [6.07, 6.45) is -4.56. The van der Waals surface area contributed by atoms with Crippen LogP contribution < -0.4 is 0 Å². The van der Waals surface area contributed by atoms with Crippen molar-refractivity contribution in [3.63, 3.8) is 0 Å². The molecule has 6 heteroatoms. The largest absolute Gasteiger partial charge is 0.435 e. The number of carbonyl (C=O) groups is 1. The summed E-state index contributed by atoms with van der Waals surface area (Å²) in [7, 11) is 0. The van der Waals surface area contributed by atoms with E-state index in [1.807, 2.05) is 6.07 Å². The number of aryl methyl sites for hydroxylation is 2. The molecule has 124 valence electrons. The Morgan fingerprint density at radius 1 is 1.12 bits per heavy atom. The highest BCUT2D eigenvalue weighted by atomic mass is 19.4. The number of benzene rings is 1. The van der Waals surface area contributed by atoms with Crippen molar-refractivity contribution < 1.29 is 18.0 Å². The average molecular weight is 332 g/mol. The predicted octanol–water partition coefficient (Wildman–Crippen LogP) is 4.84. The van der Waals surface area contributed by atoms with E-state index in [1.54, 1.807) is 31.2 Å². The van der Waals surface area contributed by atoms with Gasteiger partial charge in [0.1, 0.15) is 5.82 Å². The van der Waals surface area contributed by atoms with Crippen LogP contribution in [0.2, 0.25) is 0 Å². The molecule has 0 N–H and O–H groups in total. The number of halogens is 3. The number of hydrogen-bond acceptors (Lipinski definition) is 2. The van der Waals surface area contributed by atoms with Crippen molar-refractivity contribution in [1.82, 2.24) is 9.38 Å². The fraction of sp³-hybridized carbons (Fsp3) is 0.222. The van der Waals surface area contributed by atoms with Gasteiger partial charge in [-0.25, -0.2) is 4.98 Å². The molecule has 0 unspecified atom stereocenters. The van der Waals surface area contributed by atoms with Gasteiger partial charge >= 0.3 is 6.18 Å². The summed E-state index contributed by atoms with van der Waals surface area (Å²) in [6.45, 7) is 4.48. The van der Waals surface area contributed by atoms with E-state index in [0.717, 1.165) is 0 Å². The minimum absolute atomic E-state index is 0.0103. The Balaban J connectivity index is 2.53. The first kappa shape index (κ1) is 16.2. The summed E-state index contributed by atoms with van der Waals surface area (Å²) in [5, 5.41) is 0. The Hall–Kier alpha value is -2.63. The zero-order chi connectivity index (χ0) is 17.6. The van der Waals surface area contributed by atoms with E-state index in [0.29, 0.717) is 22.4 Å². The highest BCUT2D eigenvalue weighted by Crippen LogP contribution is 2.37. The Labute approximate surface area is 136 Å². The van der Waals surface area contributed by atoms with Crippen LogP contribution in [0.3, 0.4) is 0 Å². The van der Waals surface area contributed by atoms with Gasteiger partial charge in [0.15, 0.2) is 11.5 Å². The van der Waals surface area contributed by atoms with Crippen LogP contribution in [-0.2, 0) is 6.18 Å². The number of carbonyl (C=O) groups excluding carboxylic acids is 1. The van der Waals surface area contributed by atoms with Gasteiger partial charge in [0, 0.05) is 5.56 Å². The molecule has 3 rings (SSSR count). The molecule has 3 nitrogen and oxygen atoms in total. The van der Waals surface area contributed by atoms with Crippen LogP contribution in [-0.4, -0.2) is 15.2 Å². The summed E-state index contributed by atoms with van der Waals surface area (Å²) >= 11 is 0. The molecule has 2 heterocycles. The van der Waals surface area contributed by atoms with Crippen LogP contribution in [0.15, 0.2) is 36.4 Å². The van der Waals surface area contributed by atoms with Crippen molar-refractivity contribution in [3.05, 3.63) is 59.0 Å². The van der Waals surface area contributed by atoms with Crippen LogP contribution in [0.5, 0.6) is 0 Å². The van der Waals surface area contributed by atoms with E-state index in [9.17, 15) is 18.0 Å². The predicted molar refractivity (Wildman–Crippen MR) is 85.1 cm³/mol. The number of rotatable bonds is 2. The highest BCUT2D eigenvalue weighted by Gasteiger charge is 2.38. The van der Waals surface area contributed by atoms with Gasteiger partial charge in [-0.2, -0.15) is 13.2 Å². The smallest absolute Gasteiger partial charge is 0.295 e. The van der Waals surface area contributed by atoms with Gasteiger partial charge in [0.2, 0.25) is 0 Å². The number of ketones is 1. The van der Waals surface area contributed by atoms with Crippen LogP contribution in [0.4, 0.5) is 13.2 Å². The van der Waals surface area contributed by atoms with Crippen molar-refractivity contribution in [2.45, 2.75) is 26.9 Å². The topological polar surface area (TPSA) is 34.4 Å². The van der Waals surface area contributed by atoms with Crippen molar-refractivity contribution >= 4 is 11.3 Å². The Morgan fingerprint density at radius 2 is 1.75 bits per heavy atom. The lowest BCUT2D eigenvalue weighted by molar-refractivity contribution is -0.139. The lowest BCUT2D eigenvalue weighted by Gasteiger charge is -2.15. The summed E-state index contributed by atoms with van der Waals surface area (Å²) in [6, 6.07) is 10.4. The maximum Gasteiger partial charge on any atom is 0.435 e. The number of hydrogen-bond donors (Lipinski definition) is 0. The SMILES string of the molecule is CC(=O)c1cc(C)c2c(C(F)(F)F)nc(C)n2c1-c1ccccc1. The lowest BCUT2D eigenvalue weighted by atomic mass is 10.00. The van der Waals surface area contributed by atoms with Gasteiger partial charge in [-0.1, -0.05) is 30.3 Å². The zero-order valence-electron chi connectivity index (χ0n) is 13.4. The number of pyridine rings is 1. The summed E-state index contributed by atoms with van der Waals surface area (Å²) in [4.78, 5) is 15.8. The Kier molecular flexibility index (Phi) is 3.70. The van der Waals surface area contributed by atoms with Gasteiger partial charge < -0.3 is 0 Å². The lowest BCUT2D eigenvalue weighted by Crippen LogP contribution is -2.09. The normalized spacial score (nSPS) is 11.9. The number of alkyl halides is 3. The number of nitrogens with zero attached hydrogens (tertiary/aromatic N) is 2. The monoisotopic (exact) mass is 332 g/mol. The first-order valence-corrected chi connectivity index (χ1v) is 7.38. The number of aromatic nitrogens is 2. The number of Topliss-reactive ketones (excluding diaryl/α,β-unsaturated/α-hetero) is 1. The van der Waals surface area contributed by atoms with Gasteiger partial charge in [-0.3, -0.25) is 9.20 Å². The first-order chi connectivity index (χ1) is 11.2. The van der Waals surface area contributed by atoms with Crippen molar-refractivity contribution in [2.24, 2.45) is 0 Å².